The molecule has 20 heavy (non-hydrogen) atoms. The predicted octanol–water partition coefficient (Wildman–Crippen LogP) is 5.66. The van der Waals surface area contributed by atoms with Gasteiger partial charge in [0.1, 0.15) is 0 Å². The molecular formula is C19H31N. The van der Waals surface area contributed by atoms with Crippen LogP contribution in [0.25, 0.3) is 0 Å². The molecule has 1 saturated carbocycles. The van der Waals surface area contributed by atoms with E-state index in [2.05, 4.69) is 50.4 Å². The Balaban J connectivity index is 1.86. The first-order chi connectivity index (χ1) is 9.69. The van der Waals surface area contributed by atoms with E-state index >= 15 is 0 Å². The Kier molecular flexibility index (Phi) is 5.94. The summed E-state index contributed by atoms with van der Waals surface area (Å²) in [5.41, 5.74) is 2.78. The van der Waals surface area contributed by atoms with Crippen molar-refractivity contribution in [2.45, 2.75) is 71.8 Å². The molecule has 3 atom stereocenters. The summed E-state index contributed by atoms with van der Waals surface area (Å²) >= 11 is 0. The zero-order chi connectivity index (χ0) is 14.4. The van der Waals surface area contributed by atoms with Crippen molar-refractivity contribution >= 4 is 5.69 Å². The van der Waals surface area contributed by atoms with Gasteiger partial charge in [-0.1, -0.05) is 52.2 Å². The molecule has 1 aliphatic rings. The van der Waals surface area contributed by atoms with Gasteiger partial charge in [0.15, 0.2) is 0 Å². The lowest BCUT2D eigenvalue weighted by Gasteiger charge is -2.34. The highest BCUT2D eigenvalue weighted by Gasteiger charge is 2.25. The smallest absolute Gasteiger partial charge is 0.0342 e. The Morgan fingerprint density at radius 3 is 2.50 bits per heavy atom. The number of hydrogen-bond acceptors (Lipinski definition) is 1. The zero-order valence-electron chi connectivity index (χ0n) is 13.5. The number of aryl methyl sites for hydroxylation is 1. The van der Waals surface area contributed by atoms with Crippen LogP contribution in [0.5, 0.6) is 0 Å². The number of nitrogens with one attached hydrogen (secondary N) is 1. The summed E-state index contributed by atoms with van der Waals surface area (Å²) in [6.45, 7) is 7.04. The molecule has 0 radical (unpaired) electrons. The van der Waals surface area contributed by atoms with Crippen LogP contribution in [-0.4, -0.2) is 6.04 Å². The van der Waals surface area contributed by atoms with Crippen molar-refractivity contribution in [3.63, 3.8) is 0 Å². The standard InChI is InChI=1S/C19H31N/c1-4-5-6-7-17-10-12-18(13-11-17)20-19-14-15(2)8-9-16(19)3/h10-13,15-16,19-20H,4-9,14H2,1-3H3. The monoisotopic (exact) mass is 273 g/mol. The topological polar surface area (TPSA) is 12.0 Å². The summed E-state index contributed by atoms with van der Waals surface area (Å²) < 4.78 is 0. The average molecular weight is 273 g/mol. The Labute approximate surface area is 125 Å². The maximum absolute atomic E-state index is 3.76. The molecule has 0 amide bonds. The first-order valence-electron chi connectivity index (χ1n) is 8.54. The van der Waals surface area contributed by atoms with E-state index in [1.807, 2.05) is 0 Å². The van der Waals surface area contributed by atoms with Crippen LogP contribution in [0.2, 0.25) is 0 Å². The SMILES string of the molecule is CCCCCc1ccc(NC2CC(C)CCC2C)cc1. The summed E-state index contributed by atoms with van der Waals surface area (Å²) in [5.74, 6) is 1.67. The number of anilines is 1. The predicted molar refractivity (Wildman–Crippen MR) is 89.3 cm³/mol. The second kappa shape index (κ2) is 7.71. The molecule has 0 aliphatic heterocycles. The lowest BCUT2D eigenvalue weighted by atomic mass is 9.80. The molecule has 1 aromatic carbocycles. The Bertz CT molecular complexity index is 381. The molecule has 1 nitrogen and oxygen atoms in total. The molecule has 2 rings (SSSR count). The Morgan fingerprint density at radius 1 is 1.05 bits per heavy atom. The molecule has 1 N–H and O–H groups in total. The second-order valence-electron chi connectivity index (χ2n) is 6.80. The summed E-state index contributed by atoms with van der Waals surface area (Å²) in [4.78, 5) is 0. The largest absolute Gasteiger partial charge is 0.382 e. The van der Waals surface area contributed by atoms with E-state index in [9.17, 15) is 0 Å². The summed E-state index contributed by atoms with van der Waals surface area (Å²) in [6, 6.07) is 9.80. The third-order valence-electron chi connectivity index (χ3n) is 4.83. The number of unbranched alkanes of at least 4 members (excludes halogenated alkanes) is 2. The molecule has 1 aliphatic carbocycles. The molecule has 112 valence electrons. The van der Waals surface area contributed by atoms with E-state index in [1.165, 1.54) is 56.2 Å². The van der Waals surface area contributed by atoms with Gasteiger partial charge in [0.05, 0.1) is 0 Å². The number of hydrogen-bond donors (Lipinski definition) is 1. The summed E-state index contributed by atoms with van der Waals surface area (Å²) in [5, 5.41) is 3.76. The van der Waals surface area contributed by atoms with Crippen molar-refractivity contribution < 1.29 is 0 Å². The highest BCUT2D eigenvalue weighted by molar-refractivity contribution is 5.45. The maximum Gasteiger partial charge on any atom is 0.0342 e. The van der Waals surface area contributed by atoms with Crippen LogP contribution in [0.1, 0.15) is 64.9 Å². The first kappa shape index (κ1) is 15.4. The fourth-order valence-electron chi connectivity index (χ4n) is 3.29. The summed E-state index contributed by atoms with van der Waals surface area (Å²) in [7, 11) is 0. The van der Waals surface area contributed by atoms with Crippen molar-refractivity contribution in [1.29, 1.82) is 0 Å². The number of rotatable bonds is 6. The van der Waals surface area contributed by atoms with Crippen LogP contribution in [0.4, 0.5) is 5.69 Å². The van der Waals surface area contributed by atoms with Crippen LogP contribution in [-0.2, 0) is 6.42 Å². The molecule has 0 saturated heterocycles. The quantitative estimate of drug-likeness (QED) is 0.660. The van der Waals surface area contributed by atoms with Crippen LogP contribution in [0.15, 0.2) is 24.3 Å². The highest BCUT2D eigenvalue weighted by Crippen LogP contribution is 2.30. The van der Waals surface area contributed by atoms with E-state index in [0.29, 0.717) is 6.04 Å². The third-order valence-corrected chi connectivity index (χ3v) is 4.83. The van der Waals surface area contributed by atoms with E-state index < -0.39 is 0 Å². The van der Waals surface area contributed by atoms with Gasteiger partial charge in [-0.25, -0.2) is 0 Å². The van der Waals surface area contributed by atoms with Crippen molar-refractivity contribution in [2.75, 3.05) is 5.32 Å². The van der Waals surface area contributed by atoms with Gasteiger partial charge < -0.3 is 5.32 Å². The van der Waals surface area contributed by atoms with Crippen molar-refractivity contribution in [2.24, 2.45) is 11.8 Å². The van der Waals surface area contributed by atoms with Crippen LogP contribution < -0.4 is 5.32 Å². The highest BCUT2D eigenvalue weighted by atomic mass is 14.9. The minimum atomic E-state index is 0.657. The van der Waals surface area contributed by atoms with Gasteiger partial charge in [-0.15, -0.1) is 0 Å². The lowest BCUT2D eigenvalue weighted by molar-refractivity contribution is 0.281. The minimum absolute atomic E-state index is 0.657. The van der Waals surface area contributed by atoms with Gasteiger partial charge >= 0.3 is 0 Å². The van der Waals surface area contributed by atoms with Crippen molar-refractivity contribution in [3.05, 3.63) is 29.8 Å². The fourth-order valence-corrected chi connectivity index (χ4v) is 3.29. The lowest BCUT2D eigenvalue weighted by Crippen LogP contribution is -2.33. The summed E-state index contributed by atoms with van der Waals surface area (Å²) in [6.07, 6.45) is 9.28. The Morgan fingerprint density at radius 2 is 1.80 bits per heavy atom. The molecule has 1 heteroatoms. The van der Waals surface area contributed by atoms with Crippen LogP contribution in [0.3, 0.4) is 0 Å². The van der Waals surface area contributed by atoms with Crippen LogP contribution >= 0.6 is 0 Å². The van der Waals surface area contributed by atoms with Gasteiger partial charge in [0.25, 0.3) is 0 Å². The zero-order valence-corrected chi connectivity index (χ0v) is 13.5. The van der Waals surface area contributed by atoms with E-state index in [0.717, 1.165) is 11.8 Å². The molecule has 0 heterocycles. The van der Waals surface area contributed by atoms with Gasteiger partial charge in [-0.2, -0.15) is 0 Å². The van der Waals surface area contributed by atoms with E-state index in [4.69, 9.17) is 0 Å². The van der Waals surface area contributed by atoms with E-state index in [1.54, 1.807) is 0 Å². The normalized spacial score (nSPS) is 26.4. The third kappa shape index (κ3) is 4.54. The Hall–Kier alpha value is -0.980. The molecule has 0 spiro atoms. The van der Waals surface area contributed by atoms with Crippen LogP contribution in [0, 0.1) is 11.8 Å². The van der Waals surface area contributed by atoms with Gasteiger partial charge in [0.2, 0.25) is 0 Å². The first-order valence-corrected chi connectivity index (χ1v) is 8.54. The van der Waals surface area contributed by atoms with Gasteiger partial charge in [-0.05, 0) is 55.2 Å². The fraction of sp³-hybridized carbons (Fsp3) is 0.684. The second-order valence-corrected chi connectivity index (χ2v) is 6.80. The maximum atomic E-state index is 3.76. The van der Waals surface area contributed by atoms with E-state index in [-0.39, 0.29) is 0 Å². The molecule has 1 fully saturated rings. The average Bonchev–Trinajstić information content (AvgIpc) is 2.45. The number of benzene rings is 1. The van der Waals surface area contributed by atoms with Crippen molar-refractivity contribution in [3.8, 4) is 0 Å². The molecule has 0 bridgehead atoms. The molecule has 1 aromatic rings. The van der Waals surface area contributed by atoms with Gasteiger partial charge in [-0.3, -0.25) is 0 Å². The molecule has 3 unspecified atom stereocenters. The molecule has 0 aromatic heterocycles. The van der Waals surface area contributed by atoms with Crippen molar-refractivity contribution in [1.82, 2.24) is 0 Å². The van der Waals surface area contributed by atoms with Gasteiger partial charge in [0, 0.05) is 11.7 Å². The molecular weight excluding hydrogens is 242 g/mol. The minimum Gasteiger partial charge on any atom is -0.382 e.